The van der Waals surface area contributed by atoms with Crippen LogP contribution in [0.5, 0.6) is 0 Å². The van der Waals surface area contributed by atoms with Crippen LogP contribution in [0.3, 0.4) is 0 Å². The average molecular weight is 338 g/mol. The fraction of sp³-hybridized carbons (Fsp3) is 0.222. The number of carbonyl (C=O) groups excluding carboxylic acids is 1. The molecule has 0 spiro atoms. The van der Waals surface area contributed by atoms with Crippen LogP contribution in [0.25, 0.3) is 5.69 Å². The second-order valence-corrected chi connectivity index (χ2v) is 6.96. The smallest absolute Gasteiger partial charge is 0.214 e. The molecule has 0 unspecified atom stereocenters. The summed E-state index contributed by atoms with van der Waals surface area (Å²) in [5.41, 5.74) is 3.70. The van der Waals surface area contributed by atoms with Gasteiger partial charge in [0, 0.05) is 5.56 Å². The number of thioether (sulfide) groups is 1. The molecule has 3 rings (SSSR count). The maximum atomic E-state index is 12.8. The van der Waals surface area contributed by atoms with E-state index in [-0.39, 0.29) is 11.0 Å². The van der Waals surface area contributed by atoms with Crippen LogP contribution in [0.15, 0.2) is 53.7 Å². The SMILES string of the molecule is Cc1ccc(C)c(C(=O)[C@H](C)Sc2nnnn2-c2ccccc2)c1. The van der Waals surface area contributed by atoms with Crippen LogP contribution < -0.4 is 0 Å². The molecule has 0 radical (unpaired) electrons. The van der Waals surface area contributed by atoms with Gasteiger partial charge in [0.05, 0.1) is 10.9 Å². The molecule has 0 aliphatic heterocycles. The van der Waals surface area contributed by atoms with Crippen LogP contribution in [0.2, 0.25) is 0 Å². The molecule has 0 fully saturated rings. The number of benzene rings is 2. The Morgan fingerprint density at radius 1 is 1.12 bits per heavy atom. The molecule has 0 saturated carbocycles. The van der Waals surface area contributed by atoms with Gasteiger partial charge in [-0.05, 0) is 55.0 Å². The molecule has 0 saturated heterocycles. The Balaban J connectivity index is 1.83. The van der Waals surface area contributed by atoms with Crippen molar-refractivity contribution in [2.24, 2.45) is 0 Å². The summed E-state index contributed by atoms with van der Waals surface area (Å²) in [6.07, 6.45) is 0. The Kier molecular flexibility index (Phi) is 4.76. The molecule has 6 heteroatoms. The van der Waals surface area contributed by atoms with Crippen molar-refractivity contribution in [1.82, 2.24) is 20.2 Å². The third-order valence-corrected chi connectivity index (χ3v) is 4.78. The first kappa shape index (κ1) is 16.4. The molecule has 0 bridgehead atoms. The summed E-state index contributed by atoms with van der Waals surface area (Å²) in [4.78, 5) is 12.8. The summed E-state index contributed by atoms with van der Waals surface area (Å²) in [7, 11) is 0. The van der Waals surface area contributed by atoms with Crippen LogP contribution >= 0.6 is 11.8 Å². The minimum atomic E-state index is -0.279. The number of nitrogens with zero attached hydrogens (tertiary/aromatic N) is 4. The Hall–Kier alpha value is -2.47. The van der Waals surface area contributed by atoms with Gasteiger partial charge in [0.2, 0.25) is 5.16 Å². The summed E-state index contributed by atoms with van der Waals surface area (Å²) >= 11 is 1.37. The van der Waals surface area contributed by atoms with Crippen molar-refractivity contribution in [3.8, 4) is 5.69 Å². The first-order valence-electron chi connectivity index (χ1n) is 7.68. The highest BCUT2D eigenvalue weighted by Crippen LogP contribution is 2.26. The number of rotatable bonds is 5. The molecule has 1 heterocycles. The minimum absolute atomic E-state index is 0.0869. The number of Topliss-reactive ketones (excluding diaryl/α,β-unsaturated/α-hetero) is 1. The van der Waals surface area contributed by atoms with E-state index in [2.05, 4.69) is 15.5 Å². The highest BCUT2D eigenvalue weighted by Gasteiger charge is 2.21. The lowest BCUT2D eigenvalue weighted by molar-refractivity contribution is 0.0993. The molecule has 122 valence electrons. The van der Waals surface area contributed by atoms with Crippen molar-refractivity contribution in [3.63, 3.8) is 0 Å². The Labute approximate surface area is 145 Å². The van der Waals surface area contributed by atoms with Gasteiger partial charge in [0.25, 0.3) is 0 Å². The van der Waals surface area contributed by atoms with E-state index in [0.717, 1.165) is 22.4 Å². The number of tetrazole rings is 1. The van der Waals surface area contributed by atoms with E-state index < -0.39 is 0 Å². The number of carbonyl (C=O) groups is 1. The normalized spacial score (nSPS) is 12.1. The van der Waals surface area contributed by atoms with Gasteiger partial charge < -0.3 is 0 Å². The maximum Gasteiger partial charge on any atom is 0.214 e. The lowest BCUT2D eigenvalue weighted by atomic mass is 10.0. The number of aryl methyl sites for hydroxylation is 2. The van der Waals surface area contributed by atoms with E-state index in [1.54, 1.807) is 4.68 Å². The zero-order chi connectivity index (χ0) is 17.1. The molecule has 24 heavy (non-hydrogen) atoms. The van der Waals surface area contributed by atoms with Crippen molar-refractivity contribution in [3.05, 3.63) is 65.2 Å². The van der Waals surface area contributed by atoms with E-state index in [4.69, 9.17) is 0 Å². The van der Waals surface area contributed by atoms with Crippen molar-refractivity contribution >= 4 is 17.5 Å². The van der Waals surface area contributed by atoms with E-state index in [1.807, 2.05) is 69.3 Å². The van der Waals surface area contributed by atoms with Gasteiger partial charge in [-0.3, -0.25) is 4.79 Å². The topological polar surface area (TPSA) is 60.7 Å². The third-order valence-electron chi connectivity index (χ3n) is 3.75. The molecule has 1 aromatic heterocycles. The van der Waals surface area contributed by atoms with Gasteiger partial charge in [-0.25, -0.2) is 0 Å². The van der Waals surface area contributed by atoms with Gasteiger partial charge >= 0.3 is 0 Å². The first-order chi connectivity index (χ1) is 11.6. The van der Waals surface area contributed by atoms with Crippen LogP contribution in [0, 0.1) is 13.8 Å². The summed E-state index contributed by atoms with van der Waals surface area (Å²) in [5.74, 6) is 0.0869. The van der Waals surface area contributed by atoms with Gasteiger partial charge in [0.15, 0.2) is 5.78 Å². The van der Waals surface area contributed by atoms with Crippen molar-refractivity contribution in [1.29, 1.82) is 0 Å². The monoisotopic (exact) mass is 338 g/mol. The fourth-order valence-electron chi connectivity index (χ4n) is 2.42. The van der Waals surface area contributed by atoms with Crippen LogP contribution in [-0.4, -0.2) is 31.2 Å². The van der Waals surface area contributed by atoms with E-state index in [9.17, 15) is 4.79 Å². The van der Waals surface area contributed by atoms with Crippen molar-refractivity contribution in [2.45, 2.75) is 31.2 Å². The lowest BCUT2D eigenvalue weighted by Gasteiger charge is -2.12. The molecule has 2 aromatic carbocycles. The maximum absolute atomic E-state index is 12.8. The number of hydrogen-bond donors (Lipinski definition) is 0. The predicted molar refractivity (Wildman–Crippen MR) is 94.7 cm³/mol. The van der Waals surface area contributed by atoms with Crippen molar-refractivity contribution < 1.29 is 4.79 Å². The molecule has 0 N–H and O–H groups in total. The van der Waals surface area contributed by atoms with Crippen LogP contribution in [0.1, 0.15) is 28.4 Å². The van der Waals surface area contributed by atoms with Crippen molar-refractivity contribution in [2.75, 3.05) is 0 Å². The third kappa shape index (κ3) is 3.38. The van der Waals surface area contributed by atoms with Gasteiger partial charge in [0.1, 0.15) is 0 Å². The molecule has 3 aromatic rings. The molecule has 5 nitrogen and oxygen atoms in total. The van der Waals surface area contributed by atoms with Crippen LogP contribution in [0.4, 0.5) is 0 Å². The van der Waals surface area contributed by atoms with Gasteiger partial charge in [-0.15, -0.1) is 5.10 Å². The lowest BCUT2D eigenvalue weighted by Crippen LogP contribution is -2.16. The Morgan fingerprint density at radius 2 is 1.88 bits per heavy atom. The van der Waals surface area contributed by atoms with E-state index in [1.165, 1.54) is 11.8 Å². The van der Waals surface area contributed by atoms with E-state index in [0.29, 0.717) is 5.16 Å². The second kappa shape index (κ2) is 6.97. The number of aromatic nitrogens is 4. The summed E-state index contributed by atoms with van der Waals surface area (Å²) in [6.45, 7) is 5.83. The Morgan fingerprint density at radius 3 is 2.62 bits per heavy atom. The zero-order valence-corrected chi connectivity index (χ0v) is 14.6. The summed E-state index contributed by atoms with van der Waals surface area (Å²) in [6, 6.07) is 15.6. The number of para-hydroxylation sites is 1. The second-order valence-electron chi connectivity index (χ2n) is 5.65. The summed E-state index contributed by atoms with van der Waals surface area (Å²) in [5, 5.41) is 12.2. The molecule has 0 amide bonds. The minimum Gasteiger partial charge on any atom is -0.293 e. The predicted octanol–water partition coefficient (Wildman–Crippen LogP) is 3.64. The molecule has 0 aliphatic rings. The fourth-order valence-corrected chi connectivity index (χ4v) is 3.29. The average Bonchev–Trinajstić information content (AvgIpc) is 3.05. The highest BCUT2D eigenvalue weighted by atomic mass is 32.2. The highest BCUT2D eigenvalue weighted by molar-refractivity contribution is 8.00. The van der Waals surface area contributed by atoms with Crippen LogP contribution in [-0.2, 0) is 0 Å². The number of ketones is 1. The molecule has 0 aliphatic carbocycles. The number of hydrogen-bond acceptors (Lipinski definition) is 5. The first-order valence-corrected chi connectivity index (χ1v) is 8.56. The largest absolute Gasteiger partial charge is 0.293 e. The van der Waals surface area contributed by atoms with E-state index >= 15 is 0 Å². The Bertz CT molecular complexity index is 860. The quantitative estimate of drug-likeness (QED) is 0.525. The van der Waals surface area contributed by atoms with Gasteiger partial charge in [-0.1, -0.05) is 47.7 Å². The standard InChI is InChI=1S/C18H18N4OS/c1-12-9-10-13(2)16(11-12)17(23)14(3)24-18-19-20-21-22(18)15-7-5-4-6-8-15/h4-11,14H,1-3H3/t14-/m0/s1. The molecular weight excluding hydrogens is 320 g/mol. The molecular formula is C18H18N4OS. The molecule has 1 atom stereocenters. The zero-order valence-electron chi connectivity index (χ0n) is 13.8. The van der Waals surface area contributed by atoms with Gasteiger partial charge in [-0.2, -0.15) is 4.68 Å². The summed E-state index contributed by atoms with van der Waals surface area (Å²) < 4.78 is 1.65.